The van der Waals surface area contributed by atoms with Crippen LogP contribution in [0.2, 0.25) is 0 Å². The van der Waals surface area contributed by atoms with Crippen LogP contribution in [0, 0.1) is 0 Å². The predicted molar refractivity (Wildman–Crippen MR) is 44.6 cm³/mol. The Morgan fingerprint density at radius 1 is 1.55 bits per heavy atom. The van der Waals surface area contributed by atoms with Gasteiger partial charge in [0, 0.05) is 18.4 Å². The molecule has 11 heavy (non-hydrogen) atoms. The number of hydrogen-bond acceptors (Lipinski definition) is 4. The molecule has 1 aromatic rings. The van der Waals surface area contributed by atoms with Gasteiger partial charge in [0.1, 0.15) is 0 Å². The third-order valence-electron chi connectivity index (χ3n) is 1.44. The van der Waals surface area contributed by atoms with E-state index in [0.29, 0.717) is 12.2 Å². The number of rotatable bonds is 2. The lowest BCUT2D eigenvalue weighted by Crippen LogP contribution is -2.21. The topological polar surface area (TPSA) is 91.0 Å². The average Bonchev–Trinajstić information content (AvgIpc) is 2.03. The van der Waals surface area contributed by atoms with E-state index in [9.17, 15) is 0 Å². The van der Waals surface area contributed by atoms with Crippen LogP contribution in [-0.2, 0) is 0 Å². The fourth-order valence-corrected chi connectivity index (χ4v) is 0.789. The van der Waals surface area contributed by atoms with Crippen LogP contribution in [0.3, 0.4) is 0 Å². The summed E-state index contributed by atoms with van der Waals surface area (Å²) in [5.41, 5.74) is 17.9. The summed E-state index contributed by atoms with van der Waals surface area (Å²) in [5.74, 6) is 0. The van der Waals surface area contributed by atoms with Gasteiger partial charge in [0.25, 0.3) is 0 Å². The molecule has 1 atom stereocenters. The highest BCUT2D eigenvalue weighted by Gasteiger charge is 2.03. The Balaban J connectivity index is 2.86. The summed E-state index contributed by atoms with van der Waals surface area (Å²) in [7, 11) is 0. The number of aromatic nitrogens is 1. The van der Waals surface area contributed by atoms with Crippen molar-refractivity contribution < 1.29 is 0 Å². The molecule has 0 fully saturated rings. The van der Waals surface area contributed by atoms with Crippen molar-refractivity contribution in [1.82, 2.24) is 4.98 Å². The maximum Gasteiger partial charge on any atom is 0.0604 e. The van der Waals surface area contributed by atoms with Gasteiger partial charge in [-0.25, -0.2) is 0 Å². The van der Waals surface area contributed by atoms with Crippen molar-refractivity contribution in [1.29, 1.82) is 0 Å². The number of nitrogen functional groups attached to an aromatic ring is 1. The SMILES string of the molecule is NC[C@H](N)c1cc(N)ccn1. The second-order valence-corrected chi connectivity index (χ2v) is 2.36. The molecular formula is C7H12N4. The van der Waals surface area contributed by atoms with Crippen LogP contribution < -0.4 is 17.2 Å². The van der Waals surface area contributed by atoms with Gasteiger partial charge in [0.15, 0.2) is 0 Å². The fraction of sp³-hybridized carbons (Fsp3) is 0.286. The smallest absolute Gasteiger partial charge is 0.0604 e. The van der Waals surface area contributed by atoms with Gasteiger partial charge in [-0.15, -0.1) is 0 Å². The molecule has 4 heteroatoms. The predicted octanol–water partition coefficient (Wildman–Crippen LogP) is -0.378. The molecule has 0 radical (unpaired) electrons. The first-order valence-corrected chi connectivity index (χ1v) is 3.41. The van der Waals surface area contributed by atoms with Gasteiger partial charge in [0.05, 0.1) is 11.7 Å². The van der Waals surface area contributed by atoms with E-state index >= 15 is 0 Å². The lowest BCUT2D eigenvalue weighted by Gasteiger charge is -2.07. The summed E-state index contributed by atoms with van der Waals surface area (Å²) in [6.07, 6.45) is 1.63. The molecule has 0 aliphatic carbocycles. The molecule has 6 N–H and O–H groups in total. The van der Waals surface area contributed by atoms with Gasteiger partial charge in [-0.1, -0.05) is 0 Å². The summed E-state index contributed by atoms with van der Waals surface area (Å²) in [6.45, 7) is 0.385. The first kappa shape index (κ1) is 7.97. The molecule has 0 saturated carbocycles. The lowest BCUT2D eigenvalue weighted by molar-refractivity contribution is 0.711. The number of nitrogens with two attached hydrogens (primary N) is 3. The molecule has 0 unspecified atom stereocenters. The zero-order chi connectivity index (χ0) is 8.27. The zero-order valence-corrected chi connectivity index (χ0v) is 6.20. The van der Waals surface area contributed by atoms with Crippen LogP contribution >= 0.6 is 0 Å². The Labute approximate surface area is 65.4 Å². The molecule has 0 aliphatic rings. The minimum atomic E-state index is -0.210. The second kappa shape index (κ2) is 3.32. The third kappa shape index (κ3) is 1.89. The lowest BCUT2D eigenvalue weighted by atomic mass is 10.2. The van der Waals surface area contributed by atoms with Crippen molar-refractivity contribution in [3.63, 3.8) is 0 Å². The van der Waals surface area contributed by atoms with E-state index in [2.05, 4.69) is 4.98 Å². The Bertz CT molecular complexity index is 236. The second-order valence-electron chi connectivity index (χ2n) is 2.36. The number of hydrogen-bond donors (Lipinski definition) is 3. The molecule has 0 saturated heterocycles. The van der Waals surface area contributed by atoms with Crippen LogP contribution in [0.4, 0.5) is 5.69 Å². The first-order valence-electron chi connectivity index (χ1n) is 3.41. The largest absolute Gasteiger partial charge is 0.399 e. The van der Waals surface area contributed by atoms with Crippen LogP contribution in [-0.4, -0.2) is 11.5 Å². The Kier molecular flexibility index (Phi) is 2.40. The van der Waals surface area contributed by atoms with Crippen molar-refractivity contribution in [2.75, 3.05) is 12.3 Å². The molecule has 1 aromatic heterocycles. The standard InChI is InChI=1S/C7H12N4/c8-4-6(10)7-3-5(9)1-2-11-7/h1-3,6H,4,8,10H2,(H2,9,11)/t6-/m0/s1. The highest BCUT2D eigenvalue weighted by atomic mass is 14.8. The van der Waals surface area contributed by atoms with E-state index in [-0.39, 0.29) is 6.04 Å². The summed E-state index contributed by atoms with van der Waals surface area (Å²) < 4.78 is 0. The third-order valence-corrected chi connectivity index (χ3v) is 1.44. The molecule has 0 amide bonds. The molecule has 0 bridgehead atoms. The Hall–Kier alpha value is -1.13. The quantitative estimate of drug-likeness (QED) is 0.539. The van der Waals surface area contributed by atoms with Crippen molar-refractivity contribution >= 4 is 5.69 Å². The molecule has 4 nitrogen and oxygen atoms in total. The minimum Gasteiger partial charge on any atom is -0.399 e. The summed E-state index contributed by atoms with van der Waals surface area (Å²) >= 11 is 0. The van der Waals surface area contributed by atoms with Gasteiger partial charge < -0.3 is 17.2 Å². The highest BCUT2D eigenvalue weighted by molar-refractivity contribution is 5.37. The number of anilines is 1. The maximum atomic E-state index is 5.62. The number of nitrogens with zero attached hydrogens (tertiary/aromatic N) is 1. The van der Waals surface area contributed by atoms with E-state index in [0.717, 1.165) is 5.69 Å². The van der Waals surface area contributed by atoms with Crippen molar-refractivity contribution in [3.8, 4) is 0 Å². The van der Waals surface area contributed by atoms with E-state index in [4.69, 9.17) is 17.2 Å². The molecule has 0 spiro atoms. The van der Waals surface area contributed by atoms with E-state index in [1.54, 1.807) is 18.3 Å². The molecule has 1 heterocycles. The Morgan fingerprint density at radius 3 is 2.82 bits per heavy atom. The van der Waals surface area contributed by atoms with Gasteiger partial charge >= 0.3 is 0 Å². The van der Waals surface area contributed by atoms with Gasteiger partial charge in [-0.2, -0.15) is 0 Å². The summed E-state index contributed by atoms with van der Waals surface area (Å²) in [6, 6.07) is 3.24. The van der Waals surface area contributed by atoms with Gasteiger partial charge in [-0.05, 0) is 12.1 Å². The number of pyridine rings is 1. The van der Waals surface area contributed by atoms with Crippen molar-refractivity contribution in [3.05, 3.63) is 24.0 Å². The van der Waals surface area contributed by atoms with Crippen LogP contribution in [0.1, 0.15) is 11.7 Å². The maximum absolute atomic E-state index is 5.62. The first-order chi connectivity index (χ1) is 5.24. The van der Waals surface area contributed by atoms with Crippen LogP contribution in [0.15, 0.2) is 18.3 Å². The van der Waals surface area contributed by atoms with E-state index in [1.807, 2.05) is 0 Å². The normalized spacial score (nSPS) is 12.9. The highest BCUT2D eigenvalue weighted by Crippen LogP contribution is 2.08. The minimum absolute atomic E-state index is 0.210. The average molecular weight is 152 g/mol. The van der Waals surface area contributed by atoms with Crippen LogP contribution in [0.5, 0.6) is 0 Å². The molecular weight excluding hydrogens is 140 g/mol. The van der Waals surface area contributed by atoms with Gasteiger partial charge in [0.2, 0.25) is 0 Å². The molecule has 1 rings (SSSR count). The fourth-order valence-electron chi connectivity index (χ4n) is 0.789. The van der Waals surface area contributed by atoms with E-state index in [1.165, 1.54) is 0 Å². The van der Waals surface area contributed by atoms with Crippen molar-refractivity contribution in [2.24, 2.45) is 11.5 Å². The molecule has 0 aromatic carbocycles. The summed E-state index contributed by atoms with van der Waals surface area (Å²) in [4.78, 5) is 4.03. The Morgan fingerprint density at radius 2 is 2.27 bits per heavy atom. The van der Waals surface area contributed by atoms with Gasteiger partial charge in [-0.3, -0.25) is 4.98 Å². The molecule has 0 aliphatic heterocycles. The summed E-state index contributed by atoms with van der Waals surface area (Å²) in [5, 5.41) is 0. The zero-order valence-electron chi connectivity index (χ0n) is 6.20. The van der Waals surface area contributed by atoms with E-state index < -0.39 is 0 Å². The van der Waals surface area contributed by atoms with Crippen molar-refractivity contribution in [2.45, 2.75) is 6.04 Å². The monoisotopic (exact) mass is 152 g/mol. The molecule has 60 valence electrons. The van der Waals surface area contributed by atoms with Crippen LogP contribution in [0.25, 0.3) is 0 Å².